The van der Waals surface area contributed by atoms with E-state index in [9.17, 15) is 5.11 Å². The molecule has 148 valence electrons. The van der Waals surface area contributed by atoms with Gasteiger partial charge in [0, 0.05) is 11.8 Å². The predicted octanol–water partition coefficient (Wildman–Crippen LogP) is 4.60. The molecular weight excluding hydrogens is 385 g/mol. The van der Waals surface area contributed by atoms with Crippen molar-refractivity contribution in [3.05, 3.63) is 126 Å². The zero-order valence-electron chi connectivity index (χ0n) is 16.7. The Hall–Kier alpha value is -3.06. The van der Waals surface area contributed by atoms with Gasteiger partial charge in [-0.25, -0.2) is 0 Å². The normalized spacial score (nSPS) is 12.3. The number of aliphatic imine (C=N–C) groups is 1. The molecule has 0 amide bonds. The van der Waals surface area contributed by atoms with Gasteiger partial charge in [-0.1, -0.05) is 115 Å². The van der Waals surface area contributed by atoms with Crippen LogP contribution in [0.3, 0.4) is 0 Å². The van der Waals surface area contributed by atoms with E-state index in [0.29, 0.717) is 0 Å². The Labute approximate surface area is 179 Å². The van der Waals surface area contributed by atoms with Crippen molar-refractivity contribution in [3.63, 3.8) is 0 Å². The van der Waals surface area contributed by atoms with Crippen molar-refractivity contribution in [1.82, 2.24) is 0 Å². The smallest absolute Gasteiger partial charge is 0.0979 e. The molecule has 0 unspecified atom stereocenters. The average Bonchev–Trinajstić information content (AvgIpc) is 2.83. The molecule has 0 radical (unpaired) electrons. The molecule has 0 heterocycles. The van der Waals surface area contributed by atoms with E-state index in [-0.39, 0.29) is 12.6 Å². The van der Waals surface area contributed by atoms with Crippen molar-refractivity contribution < 1.29 is 5.11 Å². The lowest BCUT2D eigenvalue weighted by Crippen LogP contribution is -2.23. The molecule has 4 aromatic rings. The molecule has 0 aliphatic rings. The van der Waals surface area contributed by atoms with E-state index in [1.54, 1.807) is 0 Å². The fourth-order valence-electron chi connectivity index (χ4n) is 3.47. The van der Waals surface area contributed by atoms with Crippen LogP contribution in [-0.2, 0) is 0 Å². The van der Waals surface area contributed by atoms with Crippen LogP contribution in [0.25, 0.3) is 0 Å². The Morgan fingerprint density at radius 1 is 0.667 bits per heavy atom. The van der Waals surface area contributed by atoms with Crippen LogP contribution < -0.4 is 15.9 Å². The van der Waals surface area contributed by atoms with Crippen LogP contribution in [0.1, 0.15) is 17.2 Å². The lowest BCUT2D eigenvalue weighted by atomic mass is 10.1. The van der Waals surface area contributed by atoms with Crippen molar-refractivity contribution in [1.29, 1.82) is 0 Å². The summed E-state index contributed by atoms with van der Waals surface area (Å²) in [6.07, 6.45) is 1.92. The number of nitrogens with zero attached hydrogens (tertiary/aromatic N) is 1. The number of hydrogen-bond donors (Lipinski definition) is 1. The van der Waals surface area contributed by atoms with E-state index in [0.717, 1.165) is 11.1 Å². The Morgan fingerprint density at radius 3 is 1.73 bits per heavy atom. The van der Waals surface area contributed by atoms with E-state index >= 15 is 0 Å². The second-order valence-corrected chi connectivity index (χ2v) is 9.14. The van der Waals surface area contributed by atoms with E-state index in [4.69, 9.17) is 4.99 Å². The van der Waals surface area contributed by atoms with E-state index in [1.165, 1.54) is 15.9 Å². The molecule has 0 aliphatic heterocycles. The Kier molecular flexibility index (Phi) is 6.82. The summed E-state index contributed by atoms with van der Waals surface area (Å²) in [5.41, 5.74) is 2.10. The van der Waals surface area contributed by atoms with Gasteiger partial charge in [0.25, 0.3) is 0 Å². The van der Waals surface area contributed by atoms with Crippen molar-refractivity contribution in [2.24, 2.45) is 4.99 Å². The largest absolute Gasteiger partial charge is 0.394 e. The van der Waals surface area contributed by atoms with Gasteiger partial charge in [0.15, 0.2) is 0 Å². The van der Waals surface area contributed by atoms with Crippen LogP contribution in [-0.4, -0.2) is 17.9 Å². The third kappa shape index (κ3) is 4.74. The van der Waals surface area contributed by atoms with Gasteiger partial charge in [-0.2, -0.15) is 0 Å². The topological polar surface area (TPSA) is 32.6 Å². The second-order valence-electron chi connectivity index (χ2n) is 6.95. The van der Waals surface area contributed by atoms with Crippen LogP contribution in [0.5, 0.6) is 0 Å². The van der Waals surface area contributed by atoms with Crippen LogP contribution in [0.15, 0.2) is 120 Å². The summed E-state index contributed by atoms with van der Waals surface area (Å²) < 4.78 is 0. The molecule has 0 saturated carbocycles. The predicted molar refractivity (Wildman–Crippen MR) is 129 cm³/mol. The summed E-state index contributed by atoms with van der Waals surface area (Å²) in [5, 5.41) is 13.8. The number of hydrogen-bond acceptors (Lipinski definition) is 2. The third-order valence-corrected chi connectivity index (χ3v) is 7.48. The highest BCUT2D eigenvalue weighted by Gasteiger charge is 2.18. The summed E-state index contributed by atoms with van der Waals surface area (Å²) in [7, 11) is -0.710. The number of benzene rings is 4. The molecule has 3 heteroatoms. The summed E-state index contributed by atoms with van der Waals surface area (Å²) in [4.78, 5) is 4.75. The molecule has 30 heavy (non-hydrogen) atoms. The highest BCUT2D eigenvalue weighted by Crippen LogP contribution is 2.33. The average molecular weight is 409 g/mol. The molecule has 4 aromatic carbocycles. The number of rotatable bonds is 7. The van der Waals surface area contributed by atoms with Gasteiger partial charge in [0.1, 0.15) is 0 Å². The first-order chi connectivity index (χ1) is 14.9. The maximum absolute atomic E-state index is 9.88. The first-order valence-electron chi connectivity index (χ1n) is 10.0. The minimum atomic E-state index is -0.710. The van der Waals surface area contributed by atoms with Crippen molar-refractivity contribution >= 4 is 30.0 Å². The lowest BCUT2D eigenvalue weighted by molar-refractivity contribution is 0.269. The first kappa shape index (κ1) is 20.2. The van der Waals surface area contributed by atoms with Crippen molar-refractivity contribution in [2.75, 3.05) is 6.61 Å². The zero-order chi connectivity index (χ0) is 20.6. The minimum Gasteiger partial charge on any atom is -0.394 e. The standard InChI is InChI=1S/C27H24NOP/c29-21-26(22-12-4-1-5-13-22)28-20-23-14-10-11-19-27(23)30(24-15-6-2-7-16-24)25-17-8-3-9-18-25/h1-20,26,29H,21H2/t26-/m0/s1. The molecule has 1 atom stereocenters. The molecule has 2 nitrogen and oxygen atoms in total. The van der Waals surface area contributed by atoms with Gasteiger partial charge in [0.05, 0.1) is 12.6 Å². The van der Waals surface area contributed by atoms with E-state index < -0.39 is 7.92 Å². The Balaban J connectivity index is 1.75. The molecule has 0 aromatic heterocycles. The fourth-order valence-corrected chi connectivity index (χ4v) is 5.89. The monoisotopic (exact) mass is 409 g/mol. The van der Waals surface area contributed by atoms with Crippen LogP contribution >= 0.6 is 7.92 Å². The second kappa shape index (κ2) is 10.1. The van der Waals surface area contributed by atoms with Crippen molar-refractivity contribution in [2.45, 2.75) is 6.04 Å². The maximum Gasteiger partial charge on any atom is 0.0979 e. The molecule has 0 bridgehead atoms. The number of aliphatic hydroxyl groups excluding tert-OH is 1. The van der Waals surface area contributed by atoms with E-state index in [1.807, 2.05) is 42.6 Å². The quantitative estimate of drug-likeness (QED) is 0.351. The molecule has 0 saturated heterocycles. The van der Waals surface area contributed by atoms with Gasteiger partial charge >= 0.3 is 0 Å². The summed E-state index contributed by atoms with van der Waals surface area (Å²) in [6.45, 7) is -0.0190. The van der Waals surface area contributed by atoms with Gasteiger partial charge in [-0.3, -0.25) is 4.99 Å². The van der Waals surface area contributed by atoms with Crippen LogP contribution in [0.4, 0.5) is 0 Å². The third-order valence-electron chi connectivity index (χ3n) is 4.96. The SMILES string of the molecule is OC[C@H](N=Cc1ccccc1P(c1ccccc1)c1ccccc1)c1ccccc1. The van der Waals surface area contributed by atoms with Crippen LogP contribution in [0.2, 0.25) is 0 Å². The zero-order valence-corrected chi connectivity index (χ0v) is 17.6. The molecular formula is C27H24NOP. The Morgan fingerprint density at radius 2 is 1.17 bits per heavy atom. The highest BCUT2D eigenvalue weighted by molar-refractivity contribution is 7.80. The molecule has 1 N–H and O–H groups in total. The van der Waals surface area contributed by atoms with Crippen molar-refractivity contribution in [3.8, 4) is 0 Å². The Bertz CT molecular complexity index is 1040. The molecule has 0 aliphatic carbocycles. The fraction of sp³-hybridized carbons (Fsp3) is 0.0741. The molecule has 0 spiro atoms. The van der Waals surface area contributed by atoms with E-state index in [2.05, 4.69) is 78.9 Å². The van der Waals surface area contributed by atoms with Gasteiger partial charge in [0.2, 0.25) is 0 Å². The molecule has 4 rings (SSSR count). The molecule has 0 fully saturated rings. The first-order valence-corrected chi connectivity index (χ1v) is 11.4. The summed E-state index contributed by atoms with van der Waals surface area (Å²) >= 11 is 0. The highest BCUT2D eigenvalue weighted by atomic mass is 31.1. The number of aliphatic hydroxyl groups is 1. The lowest BCUT2D eigenvalue weighted by Gasteiger charge is -2.21. The van der Waals surface area contributed by atoms with Gasteiger partial charge < -0.3 is 5.11 Å². The van der Waals surface area contributed by atoms with Gasteiger partial charge in [-0.05, 0) is 29.4 Å². The minimum absolute atomic E-state index is 0.0190. The summed E-state index contributed by atoms with van der Waals surface area (Å²) in [5.74, 6) is 0. The summed E-state index contributed by atoms with van der Waals surface area (Å²) in [6, 6.07) is 39.4. The maximum atomic E-state index is 9.88. The van der Waals surface area contributed by atoms with Gasteiger partial charge in [-0.15, -0.1) is 0 Å². The van der Waals surface area contributed by atoms with Crippen LogP contribution in [0, 0.1) is 0 Å².